The summed E-state index contributed by atoms with van der Waals surface area (Å²) >= 11 is 6.11. The second-order valence-corrected chi connectivity index (χ2v) is 7.02. The van der Waals surface area contributed by atoms with Gasteiger partial charge in [0.15, 0.2) is 5.82 Å². The van der Waals surface area contributed by atoms with Gasteiger partial charge in [-0.1, -0.05) is 35.4 Å². The summed E-state index contributed by atoms with van der Waals surface area (Å²) in [7, 11) is 0. The third kappa shape index (κ3) is 4.28. The first-order chi connectivity index (χ1) is 13.2. The molecule has 0 atom stereocenters. The predicted molar refractivity (Wildman–Crippen MR) is 110 cm³/mol. The fourth-order valence-electron chi connectivity index (χ4n) is 3.13. The summed E-state index contributed by atoms with van der Waals surface area (Å²) in [5, 5.41) is 12.2. The second kappa shape index (κ2) is 7.80. The minimum absolute atomic E-state index is 0.508. The summed E-state index contributed by atoms with van der Waals surface area (Å²) in [5.41, 5.74) is 3.32. The van der Waals surface area contributed by atoms with Gasteiger partial charge in [-0.15, -0.1) is 5.10 Å². The Hall–Kier alpha value is -2.86. The van der Waals surface area contributed by atoms with E-state index in [2.05, 4.69) is 55.4 Å². The van der Waals surface area contributed by atoms with E-state index in [0.717, 1.165) is 48.4 Å². The number of piperazine rings is 1. The van der Waals surface area contributed by atoms with Gasteiger partial charge in [0.2, 0.25) is 5.95 Å². The van der Waals surface area contributed by atoms with Crippen molar-refractivity contribution in [2.24, 2.45) is 0 Å². The van der Waals surface area contributed by atoms with Crippen LogP contribution in [0.3, 0.4) is 0 Å². The molecule has 1 fully saturated rings. The maximum atomic E-state index is 6.11. The lowest BCUT2D eigenvalue weighted by molar-refractivity contribution is 0.645. The van der Waals surface area contributed by atoms with Crippen LogP contribution in [0.25, 0.3) is 0 Å². The Morgan fingerprint density at radius 2 is 1.70 bits per heavy atom. The molecule has 0 radical (unpaired) electrons. The Morgan fingerprint density at radius 1 is 0.963 bits per heavy atom. The summed E-state index contributed by atoms with van der Waals surface area (Å²) in [4.78, 5) is 9.20. The molecule has 0 bridgehead atoms. The van der Waals surface area contributed by atoms with E-state index in [9.17, 15) is 0 Å². The van der Waals surface area contributed by atoms with Gasteiger partial charge in [-0.25, -0.2) is 0 Å². The Bertz CT molecular complexity index is 906. The Labute approximate surface area is 163 Å². The van der Waals surface area contributed by atoms with E-state index in [-0.39, 0.29) is 0 Å². The summed E-state index contributed by atoms with van der Waals surface area (Å²) in [6, 6.07) is 16.1. The van der Waals surface area contributed by atoms with Crippen molar-refractivity contribution in [2.45, 2.75) is 6.92 Å². The predicted octanol–water partition coefficient (Wildman–Crippen LogP) is 3.90. The Kier molecular flexibility index (Phi) is 5.07. The number of aromatic nitrogens is 3. The van der Waals surface area contributed by atoms with E-state index in [1.54, 1.807) is 6.20 Å². The molecule has 0 amide bonds. The minimum atomic E-state index is 0.508. The molecule has 3 aromatic rings. The van der Waals surface area contributed by atoms with E-state index >= 15 is 0 Å². The first-order valence-corrected chi connectivity index (χ1v) is 9.34. The molecule has 6 nitrogen and oxygen atoms in total. The van der Waals surface area contributed by atoms with Gasteiger partial charge in [0.05, 0.1) is 6.20 Å². The van der Waals surface area contributed by atoms with Crippen molar-refractivity contribution in [1.29, 1.82) is 0 Å². The molecule has 0 saturated carbocycles. The standard InChI is InChI=1S/C20H21ClN6/c1-15-5-7-17(8-6-15)23-20-24-19(14-22-25-20)27-11-9-26(10-12-27)18-4-2-3-16(21)13-18/h2-8,13-14H,9-12H2,1H3,(H,23,24,25). The van der Waals surface area contributed by atoms with Crippen molar-refractivity contribution >= 4 is 34.7 Å². The normalized spacial score (nSPS) is 14.3. The highest BCUT2D eigenvalue weighted by molar-refractivity contribution is 6.30. The molecule has 1 aliphatic heterocycles. The van der Waals surface area contributed by atoms with Gasteiger partial charge in [0.25, 0.3) is 0 Å². The largest absolute Gasteiger partial charge is 0.368 e. The molecule has 1 saturated heterocycles. The number of hydrogen-bond donors (Lipinski definition) is 1. The van der Waals surface area contributed by atoms with Crippen LogP contribution in [0.15, 0.2) is 54.7 Å². The quantitative estimate of drug-likeness (QED) is 0.740. The minimum Gasteiger partial charge on any atom is -0.368 e. The summed E-state index contributed by atoms with van der Waals surface area (Å²) in [6.45, 7) is 5.62. The van der Waals surface area contributed by atoms with Crippen LogP contribution in [0.2, 0.25) is 5.02 Å². The SMILES string of the molecule is Cc1ccc(Nc2nncc(N3CCN(c4cccc(Cl)c4)CC3)n2)cc1. The third-order valence-corrected chi connectivity index (χ3v) is 4.87. The van der Waals surface area contributed by atoms with Crippen LogP contribution in [0.4, 0.5) is 23.1 Å². The fraction of sp³-hybridized carbons (Fsp3) is 0.250. The lowest BCUT2D eigenvalue weighted by Gasteiger charge is -2.36. The number of halogens is 1. The average molecular weight is 381 g/mol. The van der Waals surface area contributed by atoms with E-state index in [0.29, 0.717) is 5.95 Å². The molecule has 138 valence electrons. The van der Waals surface area contributed by atoms with Crippen molar-refractivity contribution in [1.82, 2.24) is 15.2 Å². The number of hydrogen-bond acceptors (Lipinski definition) is 6. The van der Waals surface area contributed by atoms with Gasteiger partial charge in [-0.3, -0.25) is 0 Å². The van der Waals surface area contributed by atoms with Gasteiger partial charge in [-0.05, 0) is 37.3 Å². The van der Waals surface area contributed by atoms with E-state index in [1.807, 2.05) is 30.3 Å². The van der Waals surface area contributed by atoms with E-state index in [1.165, 1.54) is 5.56 Å². The highest BCUT2D eigenvalue weighted by atomic mass is 35.5. The molecule has 4 rings (SSSR count). The highest BCUT2D eigenvalue weighted by Crippen LogP contribution is 2.22. The molecule has 0 unspecified atom stereocenters. The zero-order valence-electron chi connectivity index (χ0n) is 15.1. The lowest BCUT2D eigenvalue weighted by Crippen LogP contribution is -2.46. The van der Waals surface area contributed by atoms with Gasteiger partial charge in [-0.2, -0.15) is 10.1 Å². The highest BCUT2D eigenvalue weighted by Gasteiger charge is 2.19. The van der Waals surface area contributed by atoms with Crippen LogP contribution in [0.1, 0.15) is 5.56 Å². The molecule has 1 N–H and O–H groups in total. The molecule has 1 aliphatic rings. The second-order valence-electron chi connectivity index (χ2n) is 6.58. The van der Waals surface area contributed by atoms with Gasteiger partial charge >= 0.3 is 0 Å². The number of anilines is 4. The van der Waals surface area contributed by atoms with Crippen molar-refractivity contribution in [2.75, 3.05) is 41.3 Å². The van der Waals surface area contributed by atoms with E-state index < -0.39 is 0 Å². The Balaban J connectivity index is 1.42. The topological polar surface area (TPSA) is 57.2 Å². The van der Waals surface area contributed by atoms with Crippen LogP contribution in [0, 0.1) is 6.92 Å². The van der Waals surface area contributed by atoms with Crippen LogP contribution in [-0.2, 0) is 0 Å². The van der Waals surface area contributed by atoms with Gasteiger partial charge in [0, 0.05) is 42.6 Å². The summed E-state index contributed by atoms with van der Waals surface area (Å²) in [6.07, 6.45) is 1.72. The maximum absolute atomic E-state index is 6.11. The van der Waals surface area contributed by atoms with Crippen LogP contribution >= 0.6 is 11.6 Å². The number of nitrogens with one attached hydrogen (secondary N) is 1. The van der Waals surface area contributed by atoms with Crippen molar-refractivity contribution in [3.05, 3.63) is 65.3 Å². The molecular formula is C20H21ClN6. The van der Waals surface area contributed by atoms with E-state index in [4.69, 9.17) is 11.6 Å². The molecule has 1 aromatic heterocycles. The fourth-order valence-corrected chi connectivity index (χ4v) is 3.32. The molecule has 0 aliphatic carbocycles. The molecule has 2 heterocycles. The number of aryl methyl sites for hydroxylation is 1. The van der Waals surface area contributed by atoms with Gasteiger partial charge in [0.1, 0.15) is 0 Å². The average Bonchev–Trinajstić information content (AvgIpc) is 2.70. The molecule has 27 heavy (non-hydrogen) atoms. The van der Waals surface area contributed by atoms with Crippen LogP contribution < -0.4 is 15.1 Å². The zero-order valence-corrected chi connectivity index (χ0v) is 15.9. The number of benzene rings is 2. The van der Waals surface area contributed by atoms with Crippen molar-refractivity contribution < 1.29 is 0 Å². The molecule has 0 spiro atoms. The monoisotopic (exact) mass is 380 g/mol. The zero-order chi connectivity index (χ0) is 18.6. The van der Waals surface area contributed by atoms with Crippen LogP contribution in [0.5, 0.6) is 0 Å². The number of rotatable bonds is 4. The number of nitrogens with zero attached hydrogens (tertiary/aromatic N) is 5. The summed E-state index contributed by atoms with van der Waals surface area (Å²) in [5.74, 6) is 1.35. The van der Waals surface area contributed by atoms with Crippen LogP contribution in [-0.4, -0.2) is 41.4 Å². The molecule has 7 heteroatoms. The first-order valence-electron chi connectivity index (χ1n) is 8.96. The maximum Gasteiger partial charge on any atom is 0.249 e. The smallest absolute Gasteiger partial charge is 0.249 e. The molecular weight excluding hydrogens is 360 g/mol. The first kappa shape index (κ1) is 17.5. The summed E-state index contributed by atoms with van der Waals surface area (Å²) < 4.78 is 0. The van der Waals surface area contributed by atoms with Crippen molar-refractivity contribution in [3.63, 3.8) is 0 Å². The third-order valence-electron chi connectivity index (χ3n) is 4.63. The molecule has 2 aromatic carbocycles. The van der Waals surface area contributed by atoms with Gasteiger partial charge < -0.3 is 15.1 Å². The van der Waals surface area contributed by atoms with Crippen molar-refractivity contribution in [3.8, 4) is 0 Å². The Morgan fingerprint density at radius 3 is 2.44 bits per heavy atom. The lowest BCUT2D eigenvalue weighted by atomic mass is 10.2.